The number of nitrogens with zero attached hydrogens (tertiary/aromatic N) is 4. The lowest BCUT2D eigenvalue weighted by Gasteiger charge is -2.36. The van der Waals surface area contributed by atoms with Crippen molar-refractivity contribution < 1.29 is 9.90 Å². The van der Waals surface area contributed by atoms with Gasteiger partial charge in [-0.15, -0.1) is 0 Å². The molecule has 1 amide bonds. The van der Waals surface area contributed by atoms with Gasteiger partial charge < -0.3 is 10.0 Å². The summed E-state index contributed by atoms with van der Waals surface area (Å²) in [4.78, 5) is 26.3. The van der Waals surface area contributed by atoms with Crippen LogP contribution in [0.1, 0.15) is 48.4 Å². The third-order valence-electron chi connectivity index (χ3n) is 7.51. The van der Waals surface area contributed by atoms with Crippen LogP contribution in [-0.4, -0.2) is 63.0 Å². The van der Waals surface area contributed by atoms with E-state index in [1.54, 1.807) is 12.4 Å². The topological polar surface area (TPSA) is 69.6 Å². The number of rotatable bonds is 5. The van der Waals surface area contributed by atoms with Crippen molar-refractivity contribution in [2.75, 3.05) is 26.2 Å². The second-order valence-electron chi connectivity index (χ2n) is 9.59. The van der Waals surface area contributed by atoms with E-state index in [1.165, 1.54) is 0 Å². The van der Waals surface area contributed by atoms with Crippen molar-refractivity contribution in [2.24, 2.45) is 0 Å². The summed E-state index contributed by atoms with van der Waals surface area (Å²) < 4.78 is 0. The highest BCUT2D eigenvalue weighted by molar-refractivity contribution is 6.32. The normalized spacial score (nSPS) is 19.7. The Morgan fingerprint density at radius 1 is 1.12 bits per heavy atom. The first-order valence-electron chi connectivity index (χ1n) is 12.2. The van der Waals surface area contributed by atoms with E-state index in [1.807, 2.05) is 42.2 Å². The molecule has 0 saturated carbocycles. The number of phenols is 1. The molecular weight excluding hydrogens is 448 g/mol. The molecule has 178 valence electrons. The van der Waals surface area contributed by atoms with Crippen LogP contribution in [-0.2, 0) is 11.2 Å². The molecule has 1 atom stereocenters. The molecule has 1 aromatic heterocycles. The summed E-state index contributed by atoms with van der Waals surface area (Å²) >= 11 is 6.32. The zero-order valence-corrected chi connectivity index (χ0v) is 20.3. The number of amides is 1. The molecular formula is C27H31ClN4O2. The van der Waals surface area contributed by atoms with Gasteiger partial charge in [0.15, 0.2) is 0 Å². The van der Waals surface area contributed by atoms with E-state index >= 15 is 0 Å². The number of piperidine rings is 1. The zero-order chi connectivity index (χ0) is 23.7. The number of carbonyl (C=O) groups excluding carboxylic acids is 1. The second kappa shape index (κ2) is 9.88. The number of carbonyl (C=O) groups is 1. The van der Waals surface area contributed by atoms with Crippen LogP contribution < -0.4 is 0 Å². The fraction of sp³-hybridized carbons (Fsp3) is 0.444. The fourth-order valence-corrected chi connectivity index (χ4v) is 5.66. The Morgan fingerprint density at radius 2 is 1.91 bits per heavy atom. The summed E-state index contributed by atoms with van der Waals surface area (Å²) in [5, 5.41) is 11.8. The van der Waals surface area contributed by atoms with Gasteiger partial charge in [0.1, 0.15) is 12.1 Å². The van der Waals surface area contributed by atoms with E-state index < -0.39 is 0 Å². The summed E-state index contributed by atoms with van der Waals surface area (Å²) in [6.45, 7) is 5.61. The minimum absolute atomic E-state index is 0.191. The molecule has 1 N–H and O–H groups in total. The minimum atomic E-state index is 0.191. The predicted octanol–water partition coefficient (Wildman–Crippen LogP) is 4.71. The molecule has 2 aromatic carbocycles. The van der Waals surface area contributed by atoms with E-state index in [-0.39, 0.29) is 5.91 Å². The number of aryl methyl sites for hydroxylation is 2. The summed E-state index contributed by atoms with van der Waals surface area (Å²) in [5.41, 5.74) is 3.80. The Kier molecular flexibility index (Phi) is 6.70. The Morgan fingerprint density at radius 3 is 2.71 bits per heavy atom. The van der Waals surface area contributed by atoms with Crippen LogP contribution in [0.5, 0.6) is 5.75 Å². The third kappa shape index (κ3) is 4.75. The van der Waals surface area contributed by atoms with E-state index in [0.29, 0.717) is 35.6 Å². The van der Waals surface area contributed by atoms with Crippen molar-refractivity contribution >= 4 is 28.4 Å². The number of aromatic hydroxyl groups is 1. The van der Waals surface area contributed by atoms with Gasteiger partial charge in [-0.3, -0.25) is 9.69 Å². The Labute approximate surface area is 205 Å². The quantitative estimate of drug-likeness (QED) is 0.575. The molecule has 2 fully saturated rings. The number of hydrogen-bond donors (Lipinski definition) is 1. The maximum atomic E-state index is 13.0. The van der Waals surface area contributed by atoms with Crippen LogP contribution in [0.4, 0.5) is 0 Å². The highest BCUT2D eigenvalue weighted by Gasteiger charge is 2.33. The standard InChI is InChI=1S/C27H31ClN4O2/c1-18-14-25-22(15-23(18)28)24(29-17-30-25)6-7-27(34)32-13-10-20(16-32)31-11-8-19(9-12-31)21-4-2-3-5-26(21)33/h2-5,14-15,17,19-20,33H,6-13,16H2,1H3. The highest BCUT2D eigenvalue weighted by atomic mass is 35.5. The lowest BCUT2D eigenvalue weighted by molar-refractivity contribution is -0.130. The molecule has 2 aliphatic heterocycles. The fourth-order valence-electron chi connectivity index (χ4n) is 5.49. The van der Waals surface area contributed by atoms with Crippen LogP contribution in [0.3, 0.4) is 0 Å². The van der Waals surface area contributed by atoms with Crippen molar-refractivity contribution in [3.63, 3.8) is 0 Å². The maximum Gasteiger partial charge on any atom is 0.223 e. The van der Waals surface area contributed by atoms with Crippen molar-refractivity contribution in [3.8, 4) is 5.75 Å². The van der Waals surface area contributed by atoms with Gasteiger partial charge in [0.05, 0.1) is 11.2 Å². The number of fused-ring (bicyclic) bond motifs is 1. The Balaban J connectivity index is 1.15. The predicted molar refractivity (Wildman–Crippen MR) is 134 cm³/mol. The molecule has 3 aromatic rings. The van der Waals surface area contributed by atoms with Crippen LogP contribution in [0.2, 0.25) is 5.02 Å². The van der Waals surface area contributed by atoms with Crippen molar-refractivity contribution in [2.45, 2.75) is 51.0 Å². The van der Waals surface area contributed by atoms with Gasteiger partial charge in [0.25, 0.3) is 0 Å². The van der Waals surface area contributed by atoms with Gasteiger partial charge in [-0.25, -0.2) is 9.97 Å². The van der Waals surface area contributed by atoms with Gasteiger partial charge in [-0.2, -0.15) is 0 Å². The van der Waals surface area contributed by atoms with Crippen molar-refractivity contribution in [1.82, 2.24) is 19.8 Å². The summed E-state index contributed by atoms with van der Waals surface area (Å²) in [7, 11) is 0. The Bertz CT molecular complexity index is 1190. The molecule has 2 saturated heterocycles. The van der Waals surface area contributed by atoms with Crippen molar-refractivity contribution in [3.05, 3.63) is 64.6 Å². The number of hydrogen-bond acceptors (Lipinski definition) is 5. The molecule has 1 unspecified atom stereocenters. The van der Waals surface area contributed by atoms with Gasteiger partial charge in [0.2, 0.25) is 5.91 Å². The van der Waals surface area contributed by atoms with Crippen LogP contribution in [0.15, 0.2) is 42.7 Å². The van der Waals surface area contributed by atoms with Crippen LogP contribution in [0.25, 0.3) is 10.9 Å². The zero-order valence-electron chi connectivity index (χ0n) is 19.6. The SMILES string of the molecule is Cc1cc2ncnc(CCC(=O)N3CCC(N4CCC(c5ccccc5O)CC4)C3)c2cc1Cl. The lowest BCUT2D eigenvalue weighted by Crippen LogP contribution is -2.43. The number of halogens is 1. The monoisotopic (exact) mass is 478 g/mol. The lowest BCUT2D eigenvalue weighted by atomic mass is 9.88. The van der Waals surface area contributed by atoms with Crippen LogP contribution in [0, 0.1) is 6.92 Å². The smallest absolute Gasteiger partial charge is 0.223 e. The molecule has 0 aliphatic carbocycles. The average Bonchev–Trinajstić information content (AvgIpc) is 3.34. The van der Waals surface area contributed by atoms with E-state index in [2.05, 4.69) is 14.9 Å². The van der Waals surface area contributed by atoms with Gasteiger partial charge in [0, 0.05) is 36.0 Å². The number of phenolic OH excluding ortho intramolecular Hbond substituents is 1. The number of para-hydroxylation sites is 1. The molecule has 34 heavy (non-hydrogen) atoms. The molecule has 2 aliphatic rings. The molecule has 0 spiro atoms. The second-order valence-corrected chi connectivity index (χ2v) is 10.00. The van der Waals surface area contributed by atoms with E-state index in [9.17, 15) is 9.90 Å². The molecule has 7 heteroatoms. The molecule has 3 heterocycles. The third-order valence-corrected chi connectivity index (χ3v) is 7.92. The maximum absolute atomic E-state index is 13.0. The van der Waals surface area contributed by atoms with Crippen LogP contribution >= 0.6 is 11.6 Å². The Hall–Kier alpha value is -2.70. The first-order chi connectivity index (χ1) is 16.5. The highest BCUT2D eigenvalue weighted by Crippen LogP contribution is 2.34. The van der Waals surface area contributed by atoms with E-state index in [4.69, 9.17) is 11.6 Å². The minimum Gasteiger partial charge on any atom is -0.508 e. The first-order valence-corrected chi connectivity index (χ1v) is 12.6. The molecule has 0 bridgehead atoms. The number of benzene rings is 2. The summed E-state index contributed by atoms with van der Waals surface area (Å²) in [5.74, 6) is 1.01. The van der Waals surface area contributed by atoms with Gasteiger partial charge >= 0.3 is 0 Å². The molecule has 6 nitrogen and oxygen atoms in total. The largest absolute Gasteiger partial charge is 0.508 e. The van der Waals surface area contributed by atoms with Crippen molar-refractivity contribution in [1.29, 1.82) is 0 Å². The molecule has 5 rings (SSSR count). The average molecular weight is 479 g/mol. The van der Waals surface area contributed by atoms with E-state index in [0.717, 1.165) is 73.2 Å². The number of likely N-dealkylation sites (tertiary alicyclic amines) is 2. The first kappa shape index (κ1) is 23.1. The van der Waals surface area contributed by atoms with Gasteiger partial charge in [-0.05, 0) is 80.9 Å². The molecule has 0 radical (unpaired) electrons. The summed E-state index contributed by atoms with van der Waals surface area (Å²) in [6.07, 6.45) is 5.72. The number of aromatic nitrogens is 2. The summed E-state index contributed by atoms with van der Waals surface area (Å²) in [6, 6.07) is 12.0. The van der Waals surface area contributed by atoms with Gasteiger partial charge in [-0.1, -0.05) is 29.8 Å².